The van der Waals surface area contributed by atoms with Crippen LogP contribution in [-0.4, -0.2) is 19.0 Å². The summed E-state index contributed by atoms with van der Waals surface area (Å²) in [7, 11) is 1.60. The van der Waals surface area contributed by atoms with E-state index in [1.54, 1.807) is 13.2 Å². The van der Waals surface area contributed by atoms with E-state index >= 15 is 0 Å². The Morgan fingerprint density at radius 2 is 1.95 bits per heavy atom. The highest BCUT2D eigenvalue weighted by molar-refractivity contribution is 6.12. The molecule has 22 heavy (non-hydrogen) atoms. The third-order valence-corrected chi connectivity index (χ3v) is 3.28. The van der Waals surface area contributed by atoms with E-state index in [1.165, 1.54) is 0 Å². The first-order valence-corrected chi connectivity index (χ1v) is 6.89. The lowest BCUT2D eigenvalue weighted by molar-refractivity contribution is -0.129. The largest absolute Gasteiger partial charge is 0.497 e. The summed E-state index contributed by atoms with van der Waals surface area (Å²) in [6.45, 7) is 1.98. The normalized spacial score (nSPS) is 15.6. The highest BCUT2D eigenvalue weighted by Gasteiger charge is 2.24. The van der Waals surface area contributed by atoms with Gasteiger partial charge in [-0.15, -0.1) is 0 Å². The molecule has 110 valence electrons. The van der Waals surface area contributed by atoms with Crippen LogP contribution >= 0.6 is 0 Å². The monoisotopic (exact) mass is 293 g/mol. The standard InChI is InChI=1S/C18H15NO3/c1-12-5-3-7-14(9-12)17-19-16(18(20)22-17)11-13-6-4-8-15(10-13)21-2/h3-11H,1-2H3/b16-11+. The maximum atomic E-state index is 12.0. The summed E-state index contributed by atoms with van der Waals surface area (Å²) in [5, 5.41) is 0. The van der Waals surface area contributed by atoms with Crippen molar-refractivity contribution in [3.8, 4) is 5.75 Å². The maximum absolute atomic E-state index is 12.0. The number of aliphatic imine (C=N–C) groups is 1. The molecule has 0 fully saturated rings. The van der Waals surface area contributed by atoms with E-state index < -0.39 is 5.97 Å². The lowest BCUT2D eigenvalue weighted by Gasteiger charge is -2.00. The summed E-state index contributed by atoms with van der Waals surface area (Å²) < 4.78 is 10.4. The van der Waals surface area contributed by atoms with E-state index in [2.05, 4.69) is 4.99 Å². The molecule has 4 nitrogen and oxygen atoms in total. The van der Waals surface area contributed by atoms with E-state index in [0.29, 0.717) is 5.90 Å². The molecule has 0 aliphatic carbocycles. The molecule has 2 aromatic carbocycles. The summed E-state index contributed by atoms with van der Waals surface area (Å²) >= 11 is 0. The average molecular weight is 293 g/mol. The Morgan fingerprint density at radius 1 is 1.14 bits per heavy atom. The summed E-state index contributed by atoms with van der Waals surface area (Å²) in [4.78, 5) is 16.3. The Bertz CT molecular complexity index is 790. The first-order valence-electron chi connectivity index (χ1n) is 6.89. The van der Waals surface area contributed by atoms with E-state index in [0.717, 1.165) is 22.4 Å². The number of benzene rings is 2. The van der Waals surface area contributed by atoms with Gasteiger partial charge < -0.3 is 9.47 Å². The predicted molar refractivity (Wildman–Crippen MR) is 84.8 cm³/mol. The van der Waals surface area contributed by atoms with Gasteiger partial charge in [0.25, 0.3) is 0 Å². The van der Waals surface area contributed by atoms with Crippen LogP contribution in [0.3, 0.4) is 0 Å². The fraction of sp³-hybridized carbons (Fsp3) is 0.111. The minimum absolute atomic E-state index is 0.282. The fourth-order valence-electron chi connectivity index (χ4n) is 2.20. The van der Waals surface area contributed by atoms with Crippen LogP contribution in [0.4, 0.5) is 0 Å². The van der Waals surface area contributed by atoms with E-state index in [9.17, 15) is 4.79 Å². The van der Waals surface area contributed by atoms with Crippen molar-refractivity contribution < 1.29 is 14.3 Å². The number of hydrogen-bond donors (Lipinski definition) is 0. The van der Waals surface area contributed by atoms with Gasteiger partial charge in [0.2, 0.25) is 5.90 Å². The van der Waals surface area contributed by atoms with Crippen molar-refractivity contribution in [2.75, 3.05) is 7.11 Å². The maximum Gasteiger partial charge on any atom is 0.363 e. The number of hydrogen-bond acceptors (Lipinski definition) is 4. The van der Waals surface area contributed by atoms with Gasteiger partial charge in [-0.05, 0) is 42.8 Å². The van der Waals surface area contributed by atoms with Gasteiger partial charge in [-0.2, -0.15) is 0 Å². The first-order chi connectivity index (χ1) is 10.7. The number of aryl methyl sites for hydroxylation is 1. The van der Waals surface area contributed by atoms with Crippen LogP contribution in [0.5, 0.6) is 5.75 Å². The molecule has 0 unspecified atom stereocenters. The highest BCUT2D eigenvalue weighted by Crippen LogP contribution is 2.21. The SMILES string of the molecule is COc1cccc(/C=C2/N=C(c3cccc(C)c3)OC2=O)c1. The van der Waals surface area contributed by atoms with Crippen LogP contribution in [0.15, 0.2) is 59.2 Å². The Kier molecular flexibility index (Phi) is 3.74. The third-order valence-electron chi connectivity index (χ3n) is 3.28. The van der Waals surface area contributed by atoms with Crippen molar-refractivity contribution in [1.82, 2.24) is 0 Å². The molecule has 0 saturated carbocycles. The zero-order valence-electron chi connectivity index (χ0n) is 12.4. The molecule has 0 amide bonds. The van der Waals surface area contributed by atoms with Gasteiger partial charge in [0, 0.05) is 5.56 Å². The Hall–Kier alpha value is -2.88. The number of nitrogens with zero attached hydrogens (tertiary/aromatic N) is 1. The topological polar surface area (TPSA) is 47.9 Å². The quantitative estimate of drug-likeness (QED) is 0.644. The van der Waals surface area contributed by atoms with Crippen molar-refractivity contribution in [2.24, 2.45) is 4.99 Å². The number of carbonyl (C=O) groups is 1. The van der Waals surface area contributed by atoms with Crippen molar-refractivity contribution in [1.29, 1.82) is 0 Å². The van der Waals surface area contributed by atoms with Crippen LogP contribution < -0.4 is 4.74 Å². The Labute approximate surface area is 128 Å². The predicted octanol–water partition coefficient (Wildman–Crippen LogP) is 3.35. The second-order valence-electron chi connectivity index (χ2n) is 4.98. The Morgan fingerprint density at radius 3 is 2.73 bits per heavy atom. The summed E-state index contributed by atoms with van der Waals surface area (Å²) in [6.07, 6.45) is 1.69. The van der Waals surface area contributed by atoms with Gasteiger partial charge in [-0.25, -0.2) is 9.79 Å². The van der Waals surface area contributed by atoms with Crippen LogP contribution in [0.2, 0.25) is 0 Å². The summed E-state index contributed by atoms with van der Waals surface area (Å²) in [6, 6.07) is 15.1. The molecule has 0 atom stereocenters. The van der Waals surface area contributed by atoms with Gasteiger partial charge in [0.05, 0.1) is 7.11 Å². The zero-order valence-corrected chi connectivity index (χ0v) is 12.4. The highest BCUT2D eigenvalue weighted by atomic mass is 16.6. The molecular weight excluding hydrogens is 278 g/mol. The van der Waals surface area contributed by atoms with Gasteiger partial charge in [-0.1, -0.05) is 29.8 Å². The molecule has 2 aromatic rings. The van der Waals surface area contributed by atoms with Crippen molar-refractivity contribution in [2.45, 2.75) is 6.92 Å². The molecule has 1 aliphatic rings. The van der Waals surface area contributed by atoms with Crippen LogP contribution in [0.1, 0.15) is 16.7 Å². The molecule has 0 bridgehead atoms. The molecule has 0 aromatic heterocycles. The fourth-order valence-corrected chi connectivity index (χ4v) is 2.20. The van der Waals surface area contributed by atoms with Gasteiger partial charge in [0.15, 0.2) is 5.70 Å². The van der Waals surface area contributed by atoms with Gasteiger partial charge in [-0.3, -0.25) is 0 Å². The molecule has 0 N–H and O–H groups in total. The Balaban J connectivity index is 1.94. The second kappa shape index (κ2) is 5.85. The molecule has 1 heterocycles. The molecular formula is C18H15NO3. The smallest absolute Gasteiger partial charge is 0.363 e. The molecule has 0 saturated heterocycles. The number of rotatable bonds is 3. The first kappa shape index (κ1) is 14.1. The zero-order chi connectivity index (χ0) is 15.5. The van der Waals surface area contributed by atoms with Crippen LogP contribution in [0, 0.1) is 6.92 Å². The van der Waals surface area contributed by atoms with E-state index in [4.69, 9.17) is 9.47 Å². The van der Waals surface area contributed by atoms with Crippen molar-refractivity contribution in [3.63, 3.8) is 0 Å². The number of ether oxygens (including phenoxy) is 2. The number of carbonyl (C=O) groups excluding carboxylic acids is 1. The van der Waals surface area contributed by atoms with E-state index in [1.807, 2.05) is 55.5 Å². The number of methoxy groups -OCH3 is 1. The molecule has 0 radical (unpaired) electrons. The molecule has 3 rings (SSSR count). The molecule has 0 spiro atoms. The van der Waals surface area contributed by atoms with Crippen molar-refractivity contribution >= 4 is 17.9 Å². The molecule has 4 heteroatoms. The van der Waals surface area contributed by atoms with E-state index in [-0.39, 0.29) is 5.70 Å². The second-order valence-corrected chi connectivity index (χ2v) is 4.98. The third kappa shape index (κ3) is 2.91. The van der Waals surface area contributed by atoms with Gasteiger partial charge >= 0.3 is 5.97 Å². The minimum Gasteiger partial charge on any atom is -0.497 e. The number of esters is 1. The minimum atomic E-state index is -0.445. The lowest BCUT2D eigenvalue weighted by Crippen LogP contribution is -2.05. The summed E-state index contributed by atoms with van der Waals surface area (Å²) in [5.74, 6) is 0.616. The number of cyclic esters (lactones) is 1. The van der Waals surface area contributed by atoms with Gasteiger partial charge in [0.1, 0.15) is 5.75 Å². The van der Waals surface area contributed by atoms with Crippen LogP contribution in [0.25, 0.3) is 6.08 Å². The average Bonchev–Trinajstić information content (AvgIpc) is 2.89. The van der Waals surface area contributed by atoms with Crippen LogP contribution in [-0.2, 0) is 9.53 Å². The molecule has 1 aliphatic heterocycles. The van der Waals surface area contributed by atoms with Crippen molar-refractivity contribution in [3.05, 3.63) is 70.9 Å². The lowest BCUT2D eigenvalue weighted by atomic mass is 10.1. The summed E-state index contributed by atoms with van der Waals surface area (Å²) in [5.41, 5.74) is 2.99.